The quantitative estimate of drug-likeness (QED) is 0.850. The summed E-state index contributed by atoms with van der Waals surface area (Å²) in [6.45, 7) is 2.17. The van der Waals surface area contributed by atoms with Crippen molar-refractivity contribution in [2.45, 2.75) is 32.1 Å². The number of hydrogen-bond donors (Lipinski definition) is 1. The maximum atomic E-state index is 11.8. The molecule has 3 rings (SSSR count). The van der Waals surface area contributed by atoms with Crippen LogP contribution in [0.5, 0.6) is 0 Å². The first-order valence-electron chi connectivity index (χ1n) is 6.95. The van der Waals surface area contributed by atoms with Crippen LogP contribution < -0.4 is 0 Å². The van der Waals surface area contributed by atoms with Crippen molar-refractivity contribution in [3.8, 4) is 6.07 Å². The predicted molar refractivity (Wildman–Crippen MR) is 75.5 cm³/mol. The first-order valence-corrected chi connectivity index (χ1v) is 6.95. The Morgan fingerprint density at radius 1 is 1.55 bits per heavy atom. The van der Waals surface area contributed by atoms with E-state index in [1.165, 1.54) is 5.56 Å². The fraction of sp³-hybridized carbons (Fsp3) is 0.375. The number of nitrogens with zero attached hydrogens (tertiary/aromatic N) is 1. The molecule has 1 heterocycles. The van der Waals surface area contributed by atoms with Crippen molar-refractivity contribution in [3.05, 3.63) is 35.0 Å². The molecule has 2 aromatic rings. The highest BCUT2D eigenvalue weighted by atomic mass is 16.5. The largest absolute Gasteiger partial charge is 0.462 e. The zero-order valence-electron chi connectivity index (χ0n) is 11.4. The van der Waals surface area contributed by atoms with Gasteiger partial charge in [0.15, 0.2) is 0 Å². The molecule has 4 nitrogen and oxygen atoms in total. The van der Waals surface area contributed by atoms with Gasteiger partial charge in [-0.05, 0) is 49.9 Å². The summed E-state index contributed by atoms with van der Waals surface area (Å²) in [7, 11) is 0. The molecule has 0 amide bonds. The van der Waals surface area contributed by atoms with Gasteiger partial charge in [0.25, 0.3) is 0 Å². The minimum Gasteiger partial charge on any atom is -0.462 e. The van der Waals surface area contributed by atoms with E-state index in [1.807, 2.05) is 12.1 Å². The van der Waals surface area contributed by atoms with E-state index in [2.05, 4.69) is 11.1 Å². The molecule has 0 saturated carbocycles. The highest BCUT2D eigenvalue weighted by Crippen LogP contribution is 2.36. The van der Waals surface area contributed by atoms with E-state index in [4.69, 9.17) is 4.74 Å². The number of fused-ring (bicyclic) bond motifs is 3. The second-order valence-corrected chi connectivity index (χ2v) is 5.07. The summed E-state index contributed by atoms with van der Waals surface area (Å²) in [6.07, 6.45) is 2.88. The van der Waals surface area contributed by atoms with Crippen LogP contribution in [0.25, 0.3) is 10.9 Å². The number of aromatic amines is 1. The molecule has 1 aliphatic rings. The molecule has 0 unspecified atom stereocenters. The molecule has 0 bridgehead atoms. The molecule has 0 spiro atoms. The number of carbonyl (C=O) groups excluding carboxylic acids is 1. The number of rotatable bonds is 2. The van der Waals surface area contributed by atoms with Gasteiger partial charge in [-0.3, -0.25) is 0 Å². The van der Waals surface area contributed by atoms with E-state index < -0.39 is 0 Å². The summed E-state index contributed by atoms with van der Waals surface area (Å²) in [5.74, 6) is -0.353. The Bertz CT molecular complexity index is 709. The Labute approximate surface area is 117 Å². The molecule has 20 heavy (non-hydrogen) atoms. The molecular formula is C16H16N2O2. The number of aryl methyl sites for hydroxylation is 1. The SMILES string of the molecule is CCOC(=O)c1ccc2[nH]c3c(c2c1)CCC[C@H]3C#N. The number of hydrogen-bond acceptors (Lipinski definition) is 3. The highest BCUT2D eigenvalue weighted by Gasteiger charge is 2.24. The van der Waals surface area contributed by atoms with Gasteiger partial charge in [-0.2, -0.15) is 5.26 Å². The maximum Gasteiger partial charge on any atom is 0.338 e. The second kappa shape index (κ2) is 5.01. The summed E-state index contributed by atoms with van der Waals surface area (Å²) >= 11 is 0. The van der Waals surface area contributed by atoms with Gasteiger partial charge in [-0.1, -0.05) is 0 Å². The summed E-state index contributed by atoms with van der Waals surface area (Å²) in [4.78, 5) is 15.2. The molecule has 0 fully saturated rings. The summed E-state index contributed by atoms with van der Waals surface area (Å²) in [5, 5.41) is 10.3. The van der Waals surface area contributed by atoms with Crippen LogP contribution in [0.4, 0.5) is 0 Å². The van der Waals surface area contributed by atoms with Crippen molar-refractivity contribution in [2.24, 2.45) is 0 Å². The minimum atomic E-state index is -0.294. The third-order valence-corrected chi connectivity index (χ3v) is 3.87. The highest BCUT2D eigenvalue weighted by molar-refractivity contribution is 5.96. The topological polar surface area (TPSA) is 65.9 Å². The van der Waals surface area contributed by atoms with Crippen LogP contribution in [0.3, 0.4) is 0 Å². The standard InChI is InChI=1S/C16H16N2O2/c1-2-20-16(19)10-6-7-14-13(8-10)12-5-3-4-11(9-17)15(12)18-14/h6-8,11,18H,2-5H2,1H3/t11-/m0/s1. The number of benzene rings is 1. The van der Waals surface area contributed by atoms with Crippen molar-refractivity contribution >= 4 is 16.9 Å². The summed E-state index contributed by atoms with van der Waals surface area (Å²) in [6, 6.07) is 7.90. The number of nitrogens with one attached hydrogen (secondary N) is 1. The van der Waals surface area contributed by atoms with Gasteiger partial charge < -0.3 is 9.72 Å². The maximum absolute atomic E-state index is 11.8. The minimum absolute atomic E-state index is 0.0582. The van der Waals surface area contributed by atoms with Gasteiger partial charge in [0.1, 0.15) is 0 Å². The van der Waals surface area contributed by atoms with Crippen molar-refractivity contribution in [1.82, 2.24) is 4.98 Å². The normalized spacial score (nSPS) is 17.5. The van der Waals surface area contributed by atoms with E-state index in [-0.39, 0.29) is 11.9 Å². The lowest BCUT2D eigenvalue weighted by molar-refractivity contribution is 0.0526. The summed E-state index contributed by atoms with van der Waals surface area (Å²) < 4.78 is 5.04. The number of nitriles is 1. The number of aromatic nitrogens is 1. The van der Waals surface area contributed by atoms with Crippen LogP contribution >= 0.6 is 0 Å². The Hall–Kier alpha value is -2.28. The lowest BCUT2D eigenvalue weighted by Gasteiger charge is -2.16. The Morgan fingerprint density at radius 2 is 2.40 bits per heavy atom. The van der Waals surface area contributed by atoms with Gasteiger partial charge in [0, 0.05) is 16.6 Å². The number of ether oxygens (including phenoxy) is 1. The van der Waals surface area contributed by atoms with Crippen molar-refractivity contribution in [1.29, 1.82) is 5.26 Å². The van der Waals surface area contributed by atoms with E-state index in [9.17, 15) is 10.1 Å². The number of H-pyrrole nitrogens is 1. The lowest BCUT2D eigenvalue weighted by atomic mass is 9.87. The molecule has 4 heteroatoms. The third kappa shape index (κ3) is 1.96. The Balaban J connectivity index is 2.11. The van der Waals surface area contributed by atoms with Gasteiger partial charge in [0.2, 0.25) is 0 Å². The zero-order valence-corrected chi connectivity index (χ0v) is 11.4. The van der Waals surface area contributed by atoms with E-state index in [0.717, 1.165) is 35.9 Å². The van der Waals surface area contributed by atoms with E-state index in [0.29, 0.717) is 12.2 Å². The van der Waals surface area contributed by atoms with Crippen LogP contribution in [-0.2, 0) is 11.2 Å². The van der Waals surface area contributed by atoms with Crippen LogP contribution in [-0.4, -0.2) is 17.6 Å². The molecule has 102 valence electrons. The molecule has 1 aromatic heterocycles. The van der Waals surface area contributed by atoms with E-state index in [1.54, 1.807) is 13.0 Å². The fourth-order valence-electron chi connectivity index (χ4n) is 2.93. The first-order chi connectivity index (χ1) is 9.74. The molecule has 0 radical (unpaired) electrons. The van der Waals surface area contributed by atoms with Crippen molar-refractivity contribution < 1.29 is 9.53 Å². The van der Waals surface area contributed by atoms with Gasteiger partial charge in [0.05, 0.1) is 24.2 Å². The number of carbonyl (C=O) groups is 1. The molecule has 1 atom stereocenters. The van der Waals surface area contributed by atoms with Crippen LogP contribution in [0.1, 0.15) is 47.3 Å². The van der Waals surface area contributed by atoms with E-state index >= 15 is 0 Å². The van der Waals surface area contributed by atoms with Gasteiger partial charge in [-0.15, -0.1) is 0 Å². The average Bonchev–Trinajstić information content (AvgIpc) is 2.85. The average molecular weight is 268 g/mol. The summed E-state index contributed by atoms with van der Waals surface area (Å²) in [5.41, 5.74) is 3.77. The second-order valence-electron chi connectivity index (χ2n) is 5.07. The fourth-order valence-corrected chi connectivity index (χ4v) is 2.93. The molecule has 1 N–H and O–H groups in total. The Kier molecular flexibility index (Phi) is 3.19. The van der Waals surface area contributed by atoms with Gasteiger partial charge >= 0.3 is 5.97 Å². The smallest absolute Gasteiger partial charge is 0.338 e. The molecule has 1 aromatic carbocycles. The molecule has 1 aliphatic carbocycles. The Morgan fingerprint density at radius 3 is 3.15 bits per heavy atom. The van der Waals surface area contributed by atoms with Crippen molar-refractivity contribution in [3.63, 3.8) is 0 Å². The third-order valence-electron chi connectivity index (χ3n) is 3.87. The monoisotopic (exact) mass is 268 g/mol. The molecule has 0 saturated heterocycles. The van der Waals surface area contributed by atoms with Crippen LogP contribution in [0, 0.1) is 11.3 Å². The molecule has 0 aliphatic heterocycles. The zero-order chi connectivity index (χ0) is 14.1. The number of esters is 1. The molecular weight excluding hydrogens is 252 g/mol. The van der Waals surface area contributed by atoms with Crippen LogP contribution in [0.15, 0.2) is 18.2 Å². The van der Waals surface area contributed by atoms with Gasteiger partial charge in [-0.25, -0.2) is 4.79 Å². The van der Waals surface area contributed by atoms with Crippen LogP contribution in [0.2, 0.25) is 0 Å². The van der Waals surface area contributed by atoms with Crippen molar-refractivity contribution in [2.75, 3.05) is 6.61 Å². The lowest BCUT2D eigenvalue weighted by Crippen LogP contribution is -2.07. The predicted octanol–water partition coefficient (Wildman–Crippen LogP) is 3.29. The first kappa shape index (κ1) is 12.7.